The lowest BCUT2D eigenvalue weighted by Crippen LogP contribution is -2.45. The first-order chi connectivity index (χ1) is 17.1. The number of hydrogen-bond donors (Lipinski definition) is 0. The van der Waals surface area contributed by atoms with E-state index in [0.29, 0.717) is 25.7 Å². The highest BCUT2D eigenvalue weighted by molar-refractivity contribution is 5.92. The molecule has 2 bridgehead atoms. The summed E-state index contributed by atoms with van der Waals surface area (Å²) in [7, 11) is 0. The van der Waals surface area contributed by atoms with E-state index in [9.17, 15) is 9.59 Å². The monoisotopic (exact) mass is 472 g/mol. The molecule has 0 saturated carbocycles. The van der Waals surface area contributed by atoms with Crippen LogP contribution in [0.15, 0.2) is 67.5 Å². The maximum atomic E-state index is 13.5. The first-order valence-electron chi connectivity index (χ1n) is 12.3. The van der Waals surface area contributed by atoms with E-state index in [1.54, 1.807) is 19.4 Å². The third-order valence-electron chi connectivity index (χ3n) is 7.26. The Bertz CT molecular complexity index is 1150. The first-order valence-corrected chi connectivity index (χ1v) is 12.3. The second-order valence-electron chi connectivity index (χ2n) is 9.51. The van der Waals surface area contributed by atoms with Crippen LogP contribution in [0.1, 0.15) is 37.3 Å². The molecule has 0 N–H and O–H groups in total. The Morgan fingerprint density at radius 3 is 2.54 bits per heavy atom. The van der Waals surface area contributed by atoms with Crippen LogP contribution in [0.3, 0.4) is 0 Å². The highest BCUT2D eigenvalue weighted by Crippen LogP contribution is 2.32. The predicted octanol–water partition coefficient (Wildman–Crippen LogP) is 3.10. The number of fused-ring (bicyclic) bond motifs is 3. The fraction of sp³-hybridized carbons (Fsp3) is 0.407. The van der Waals surface area contributed by atoms with Crippen LogP contribution in [0.2, 0.25) is 0 Å². The first kappa shape index (κ1) is 23.2. The van der Waals surface area contributed by atoms with Crippen molar-refractivity contribution in [3.8, 4) is 0 Å². The molecular weight excluding hydrogens is 440 g/mol. The summed E-state index contributed by atoms with van der Waals surface area (Å²) < 4.78 is 1.81. The highest BCUT2D eigenvalue weighted by Gasteiger charge is 2.36. The summed E-state index contributed by atoms with van der Waals surface area (Å²) in [6.07, 6.45) is 11.8. The van der Waals surface area contributed by atoms with Gasteiger partial charge in [-0.05, 0) is 48.6 Å². The van der Waals surface area contributed by atoms with Gasteiger partial charge in [0.25, 0.3) is 0 Å². The summed E-state index contributed by atoms with van der Waals surface area (Å²) in [6, 6.07) is 12.7. The average molecular weight is 473 g/mol. The molecule has 1 fully saturated rings. The van der Waals surface area contributed by atoms with Gasteiger partial charge in [-0.1, -0.05) is 18.2 Å². The lowest BCUT2D eigenvalue weighted by molar-refractivity contribution is -0.133. The molecule has 1 saturated heterocycles. The van der Waals surface area contributed by atoms with Crippen LogP contribution in [0.5, 0.6) is 0 Å². The second kappa shape index (κ2) is 10.4. The van der Waals surface area contributed by atoms with Crippen molar-refractivity contribution >= 4 is 17.5 Å². The lowest BCUT2D eigenvalue weighted by Gasteiger charge is -2.34. The zero-order chi connectivity index (χ0) is 24.2. The van der Waals surface area contributed by atoms with E-state index in [1.165, 1.54) is 5.56 Å². The third-order valence-corrected chi connectivity index (χ3v) is 7.26. The summed E-state index contributed by atoms with van der Waals surface area (Å²) >= 11 is 0. The van der Waals surface area contributed by atoms with Crippen molar-refractivity contribution in [2.75, 3.05) is 18.0 Å². The van der Waals surface area contributed by atoms with Crippen LogP contribution in [0, 0.1) is 0 Å². The molecule has 2 aromatic heterocycles. The average Bonchev–Trinajstić information content (AvgIpc) is 3.49. The normalized spacial score (nSPS) is 20.8. The maximum absolute atomic E-state index is 13.5. The molecule has 2 atom stereocenters. The van der Waals surface area contributed by atoms with Crippen LogP contribution in [-0.2, 0) is 29.2 Å². The molecule has 8 nitrogen and oxygen atoms in total. The van der Waals surface area contributed by atoms with E-state index in [2.05, 4.69) is 27.0 Å². The molecule has 0 aliphatic carbocycles. The molecule has 5 rings (SSSR count). The minimum absolute atomic E-state index is 0.0308. The molecule has 8 heteroatoms. The van der Waals surface area contributed by atoms with Gasteiger partial charge >= 0.3 is 0 Å². The molecule has 1 aromatic carbocycles. The lowest BCUT2D eigenvalue weighted by atomic mass is 10.1. The molecule has 2 amide bonds. The van der Waals surface area contributed by atoms with Gasteiger partial charge in [-0.15, -0.1) is 0 Å². The molecule has 2 aliphatic rings. The number of aromatic nitrogens is 3. The van der Waals surface area contributed by atoms with Crippen LogP contribution in [0.25, 0.3) is 0 Å². The van der Waals surface area contributed by atoms with Crippen LogP contribution in [-0.4, -0.2) is 61.3 Å². The van der Waals surface area contributed by atoms with Gasteiger partial charge in [0.1, 0.15) is 6.54 Å². The Kier molecular flexibility index (Phi) is 6.90. The standard InChI is InChI=1S/C27H32N6O2/c1-21(34)32-14-10-24-6-7-25(33(24)16-22-8-11-28-12-9-22)18-31(17-23-4-2-3-5-26(23)32)27(35)19-30-15-13-29-20-30/h2-5,8-9,11-13,15,20,24-25H,6-7,10,14,16-19H2,1H3. The van der Waals surface area contributed by atoms with Gasteiger partial charge in [-0.2, -0.15) is 0 Å². The molecule has 4 heterocycles. The quantitative estimate of drug-likeness (QED) is 0.583. The number of para-hydroxylation sites is 1. The summed E-state index contributed by atoms with van der Waals surface area (Å²) in [4.78, 5) is 40.9. The zero-order valence-electron chi connectivity index (χ0n) is 20.2. The van der Waals surface area contributed by atoms with Gasteiger partial charge in [-0.25, -0.2) is 4.98 Å². The van der Waals surface area contributed by atoms with Crippen molar-refractivity contribution in [1.29, 1.82) is 0 Å². The van der Waals surface area contributed by atoms with E-state index in [0.717, 1.165) is 37.1 Å². The molecule has 0 spiro atoms. The minimum atomic E-state index is 0.0308. The predicted molar refractivity (Wildman–Crippen MR) is 133 cm³/mol. The Balaban J connectivity index is 1.49. The molecule has 35 heavy (non-hydrogen) atoms. The van der Waals surface area contributed by atoms with E-state index in [4.69, 9.17) is 0 Å². The second-order valence-corrected chi connectivity index (χ2v) is 9.51. The van der Waals surface area contributed by atoms with Gasteiger partial charge in [-0.3, -0.25) is 19.5 Å². The fourth-order valence-electron chi connectivity index (χ4n) is 5.46. The number of carbonyl (C=O) groups is 2. The number of hydrogen-bond acceptors (Lipinski definition) is 5. The van der Waals surface area contributed by atoms with E-state index in [-0.39, 0.29) is 24.4 Å². The van der Waals surface area contributed by atoms with Crippen LogP contribution >= 0.6 is 0 Å². The van der Waals surface area contributed by atoms with Crippen molar-refractivity contribution in [3.63, 3.8) is 0 Å². The molecule has 0 radical (unpaired) electrons. The third kappa shape index (κ3) is 5.27. The Labute approximate surface area is 206 Å². The summed E-state index contributed by atoms with van der Waals surface area (Å²) in [5.41, 5.74) is 3.12. The zero-order valence-corrected chi connectivity index (χ0v) is 20.2. The Hall–Kier alpha value is -3.52. The maximum Gasteiger partial charge on any atom is 0.242 e. The number of amides is 2. The molecule has 2 aliphatic heterocycles. The van der Waals surface area contributed by atoms with E-state index in [1.807, 2.05) is 57.2 Å². The number of nitrogens with zero attached hydrogens (tertiary/aromatic N) is 6. The largest absolute Gasteiger partial charge is 0.335 e. The van der Waals surface area contributed by atoms with Gasteiger partial charge < -0.3 is 14.4 Å². The van der Waals surface area contributed by atoms with Gasteiger partial charge in [0.2, 0.25) is 11.8 Å². The molecular formula is C27H32N6O2. The van der Waals surface area contributed by atoms with Crippen LogP contribution < -0.4 is 4.90 Å². The molecule has 2 unspecified atom stereocenters. The number of pyridine rings is 1. The summed E-state index contributed by atoms with van der Waals surface area (Å²) in [5, 5.41) is 0. The van der Waals surface area contributed by atoms with Crippen molar-refractivity contribution in [2.45, 2.75) is 57.9 Å². The Morgan fingerprint density at radius 1 is 0.971 bits per heavy atom. The van der Waals surface area contributed by atoms with Crippen molar-refractivity contribution in [2.24, 2.45) is 0 Å². The topological polar surface area (TPSA) is 74.6 Å². The molecule has 182 valence electrons. The smallest absolute Gasteiger partial charge is 0.242 e. The number of rotatable bonds is 4. The highest BCUT2D eigenvalue weighted by atomic mass is 16.2. The van der Waals surface area contributed by atoms with Crippen molar-refractivity contribution in [3.05, 3.63) is 78.6 Å². The SMILES string of the molecule is CC(=O)N1CCC2CCC(CN(C(=O)Cn3ccnc3)Cc3ccccc31)N2Cc1ccncc1. The van der Waals surface area contributed by atoms with E-state index >= 15 is 0 Å². The van der Waals surface area contributed by atoms with Gasteiger partial charge in [0.05, 0.1) is 6.33 Å². The number of imidazole rings is 1. The van der Waals surface area contributed by atoms with Crippen molar-refractivity contribution in [1.82, 2.24) is 24.3 Å². The Morgan fingerprint density at radius 2 is 1.77 bits per heavy atom. The number of carbonyl (C=O) groups excluding carboxylic acids is 2. The van der Waals surface area contributed by atoms with Crippen LogP contribution in [0.4, 0.5) is 5.69 Å². The van der Waals surface area contributed by atoms with E-state index < -0.39 is 0 Å². The minimum Gasteiger partial charge on any atom is -0.335 e. The summed E-state index contributed by atoms with van der Waals surface area (Å²) in [5.74, 6) is 0.0851. The summed E-state index contributed by atoms with van der Waals surface area (Å²) in [6.45, 7) is 4.49. The number of anilines is 1. The van der Waals surface area contributed by atoms with Crippen molar-refractivity contribution < 1.29 is 9.59 Å². The van der Waals surface area contributed by atoms with Gasteiger partial charge in [0, 0.05) is 75.7 Å². The molecule has 3 aromatic rings. The number of benzene rings is 1. The van der Waals surface area contributed by atoms with Gasteiger partial charge in [0.15, 0.2) is 0 Å². The fourth-order valence-corrected chi connectivity index (χ4v) is 5.46.